The summed E-state index contributed by atoms with van der Waals surface area (Å²) in [5.41, 5.74) is -0.0582. The van der Waals surface area contributed by atoms with Crippen LogP contribution in [-0.4, -0.2) is 58.1 Å². The van der Waals surface area contributed by atoms with Crippen LogP contribution in [0.15, 0.2) is 17.6 Å². The van der Waals surface area contributed by atoms with Gasteiger partial charge in [0.25, 0.3) is 0 Å². The fourth-order valence-electron chi connectivity index (χ4n) is 3.24. The number of imidazole rings is 1. The van der Waals surface area contributed by atoms with Crippen LogP contribution in [0.25, 0.3) is 0 Å². The zero-order valence-corrected chi connectivity index (χ0v) is 13.9. The number of nitrogens with one attached hydrogen (secondary N) is 1. The second-order valence-electron chi connectivity index (χ2n) is 6.06. The van der Waals surface area contributed by atoms with E-state index in [2.05, 4.69) is 10.3 Å². The maximum absolute atomic E-state index is 12.3. The van der Waals surface area contributed by atoms with E-state index >= 15 is 0 Å². The van der Waals surface area contributed by atoms with Crippen LogP contribution >= 0.6 is 11.8 Å². The van der Waals surface area contributed by atoms with Crippen LogP contribution in [0, 0.1) is 0 Å². The summed E-state index contributed by atoms with van der Waals surface area (Å²) in [4.78, 5) is 18.5. The van der Waals surface area contributed by atoms with E-state index in [0.29, 0.717) is 19.7 Å². The van der Waals surface area contributed by atoms with Crippen LogP contribution in [0.5, 0.6) is 0 Å². The van der Waals surface area contributed by atoms with E-state index in [-0.39, 0.29) is 11.6 Å². The Balaban J connectivity index is 1.41. The molecule has 0 atom stereocenters. The SMILES string of the molecule is Cn1ccnc1SCCNC(=O)N1CCOC2(CCCC2)C1. The fraction of sp³-hybridized carbons (Fsp3) is 0.733. The summed E-state index contributed by atoms with van der Waals surface area (Å²) in [6, 6.07) is 0.0371. The van der Waals surface area contributed by atoms with Crippen molar-refractivity contribution >= 4 is 17.8 Å². The van der Waals surface area contributed by atoms with Gasteiger partial charge in [0, 0.05) is 38.3 Å². The molecule has 0 radical (unpaired) electrons. The Morgan fingerprint density at radius 2 is 2.32 bits per heavy atom. The molecule has 0 bridgehead atoms. The van der Waals surface area contributed by atoms with Gasteiger partial charge in [-0.25, -0.2) is 9.78 Å². The Bertz CT molecular complexity index is 513. The summed E-state index contributed by atoms with van der Waals surface area (Å²) >= 11 is 1.66. The number of amides is 2. The first-order valence-electron chi connectivity index (χ1n) is 7.95. The molecule has 7 heteroatoms. The quantitative estimate of drug-likeness (QED) is 0.678. The summed E-state index contributed by atoms with van der Waals surface area (Å²) in [5, 5.41) is 3.99. The standard InChI is InChI=1S/C15H24N4O2S/c1-18-8-6-17-14(18)22-11-7-16-13(20)19-9-10-21-15(12-19)4-2-3-5-15/h6,8H,2-5,7,9-12H2,1H3,(H,16,20). The van der Waals surface area contributed by atoms with Crippen molar-refractivity contribution in [2.45, 2.75) is 36.4 Å². The monoisotopic (exact) mass is 324 g/mol. The van der Waals surface area contributed by atoms with E-state index in [1.54, 1.807) is 18.0 Å². The molecule has 1 aliphatic carbocycles. The minimum absolute atomic E-state index is 0.0371. The third kappa shape index (κ3) is 3.57. The largest absolute Gasteiger partial charge is 0.371 e. The molecule has 2 aliphatic rings. The first kappa shape index (κ1) is 15.7. The van der Waals surface area contributed by atoms with Gasteiger partial charge in [0.15, 0.2) is 5.16 Å². The second kappa shape index (κ2) is 6.91. The van der Waals surface area contributed by atoms with Crippen LogP contribution in [0.3, 0.4) is 0 Å². The number of carbonyl (C=O) groups excluding carboxylic acids is 1. The van der Waals surface area contributed by atoms with Crippen molar-refractivity contribution in [1.82, 2.24) is 19.8 Å². The van der Waals surface area contributed by atoms with E-state index in [1.807, 2.05) is 22.7 Å². The number of aryl methyl sites for hydroxylation is 1. The van der Waals surface area contributed by atoms with Crippen molar-refractivity contribution in [3.63, 3.8) is 0 Å². The highest BCUT2D eigenvalue weighted by atomic mass is 32.2. The lowest BCUT2D eigenvalue weighted by Gasteiger charge is -2.40. The highest BCUT2D eigenvalue weighted by molar-refractivity contribution is 7.99. The summed E-state index contributed by atoms with van der Waals surface area (Å²) in [7, 11) is 1.97. The van der Waals surface area contributed by atoms with Gasteiger partial charge >= 0.3 is 6.03 Å². The summed E-state index contributed by atoms with van der Waals surface area (Å²) in [5.74, 6) is 0.825. The average Bonchev–Trinajstić information content (AvgIpc) is 3.13. The molecule has 2 amide bonds. The Hall–Kier alpha value is -1.21. The highest BCUT2D eigenvalue weighted by Gasteiger charge is 2.40. The third-order valence-electron chi connectivity index (χ3n) is 4.44. The molecule has 1 saturated heterocycles. The first-order chi connectivity index (χ1) is 10.7. The molecule has 122 valence electrons. The second-order valence-corrected chi connectivity index (χ2v) is 7.12. The van der Waals surface area contributed by atoms with Gasteiger partial charge in [0.2, 0.25) is 0 Å². The molecule has 0 unspecified atom stereocenters. The Kier molecular flexibility index (Phi) is 4.93. The molecule has 22 heavy (non-hydrogen) atoms. The van der Waals surface area contributed by atoms with E-state index in [9.17, 15) is 4.79 Å². The predicted molar refractivity (Wildman–Crippen MR) is 86.1 cm³/mol. The van der Waals surface area contributed by atoms with Crippen LogP contribution in [-0.2, 0) is 11.8 Å². The predicted octanol–water partition coefficient (Wildman–Crippen LogP) is 1.87. The van der Waals surface area contributed by atoms with E-state index < -0.39 is 0 Å². The number of rotatable bonds is 4. The minimum Gasteiger partial charge on any atom is -0.371 e. The molecule has 3 rings (SSSR count). The maximum Gasteiger partial charge on any atom is 0.317 e. The Morgan fingerprint density at radius 3 is 3.05 bits per heavy atom. The number of thioether (sulfide) groups is 1. The summed E-state index contributed by atoms with van der Waals surface area (Å²) in [6.45, 7) is 2.75. The van der Waals surface area contributed by atoms with Gasteiger partial charge in [-0.1, -0.05) is 24.6 Å². The lowest BCUT2D eigenvalue weighted by atomic mass is 10.00. The topological polar surface area (TPSA) is 59.4 Å². The molecule has 6 nitrogen and oxygen atoms in total. The first-order valence-corrected chi connectivity index (χ1v) is 8.94. The number of aromatic nitrogens is 2. The molecule has 2 fully saturated rings. The maximum atomic E-state index is 12.3. The van der Waals surface area contributed by atoms with Crippen molar-refractivity contribution in [1.29, 1.82) is 0 Å². The van der Waals surface area contributed by atoms with Gasteiger partial charge in [-0.2, -0.15) is 0 Å². The Labute approximate surface area is 135 Å². The minimum atomic E-state index is -0.0582. The third-order valence-corrected chi connectivity index (χ3v) is 5.50. The molecular formula is C15H24N4O2S. The van der Waals surface area contributed by atoms with Crippen molar-refractivity contribution in [3.8, 4) is 0 Å². The van der Waals surface area contributed by atoms with Crippen LogP contribution in [0.4, 0.5) is 4.79 Å². The average molecular weight is 324 g/mol. The zero-order valence-electron chi connectivity index (χ0n) is 13.1. The summed E-state index contributed by atoms with van der Waals surface area (Å²) < 4.78 is 7.94. The van der Waals surface area contributed by atoms with Crippen molar-refractivity contribution in [3.05, 3.63) is 12.4 Å². The van der Waals surface area contributed by atoms with Gasteiger partial charge in [-0.05, 0) is 12.8 Å². The van der Waals surface area contributed by atoms with Crippen molar-refractivity contribution < 1.29 is 9.53 Å². The molecule has 0 aromatic carbocycles. The molecule has 1 spiro atoms. The molecule has 1 N–H and O–H groups in total. The molecular weight excluding hydrogens is 300 g/mol. The van der Waals surface area contributed by atoms with Gasteiger partial charge in [-0.3, -0.25) is 0 Å². The Morgan fingerprint density at radius 1 is 1.50 bits per heavy atom. The van der Waals surface area contributed by atoms with Crippen LogP contribution < -0.4 is 5.32 Å². The molecule has 1 saturated carbocycles. The number of nitrogens with zero attached hydrogens (tertiary/aromatic N) is 3. The lowest BCUT2D eigenvalue weighted by molar-refractivity contribution is -0.0925. The molecule has 1 aliphatic heterocycles. The number of morpholine rings is 1. The van der Waals surface area contributed by atoms with E-state index in [4.69, 9.17) is 4.74 Å². The molecule has 1 aromatic rings. The molecule has 2 heterocycles. The van der Waals surface area contributed by atoms with Crippen LogP contribution in [0.2, 0.25) is 0 Å². The molecule has 1 aromatic heterocycles. The van der Waals surface area contributed by atoms with Gasteiger partial charge < -0.3 is 19.5 Å². The number of carbonyl (C=O) groups is 1. The normalized spacial score (nSPS) is 20.5. The van der Waals surface area contributed by atoms with Crippen LogP contribution in [0.1, 0.15) is 25.7 Å². The smallest absolute Gasteiger partial charge is 0.317 e. The lowest BCUT2D eigenvalue weighted by Crippen LogP contribution is -2.55. The number of ether oxygens (including phenoxy) is 1. The van der Waals surface area contributed by atoms with Crippen molar-refractivity contribution in [2.75, 3.05) is 32.0 Å². The van der Waals surface area contributed by atoms with Crippen molar-refractivity contribution in [2.24, 2.45) is 7.05 Å². The van der Waals surface area contributed by atoms with Gasteiger partial charge in [0.1, 0.15) is 0 Å². The van der Waals surface area contributed by atoms with Gasteiger partial charge in [-0.15, -0.1) is 0 Å². The number of hydrogen-bond acceptors (Lipinski definition) is 4. The zero-order chi connectivity index (χ0) is 15.4. The highest BCUT2D eigenvalue weighted by Crippen LogP contribution is 2.35. The fourth-order valence-corrected chi connectivity index (χ4v) is 4.03. The number of urea groups is 1. The number of hydrogen-bond donors (Lipinski definition) is 1. The van der Waals surface area contributed by atoms with E-state index in [1.165, 1.54) is 12.8 Å². The summed E-state index contributed by atoms with van der Waals surface area (Å²) in [6.07, 6.45) is 8.33. The van der Waals surface area contributed by atoms with E-state index in [0.717, 1.165) is 30.3 Å². The van der Waals surface area contributed by atoms with Gasteiger partial charge in [0.05, 0.1) is 18.8 Å².